The van der Waals surface area contributed by atoms with Gasteiger partial charge in [-0.05, 0) is 24.3 Å². The van der Waals surface area contributed by atoms with Gasteiger partial charge in [-0.3, -0.25) is 9.59 Å². The predicted octanol–water partition coefficient (Wildman–Crippen LogP) is 2.03. The second kappa shape index (κ2) is 10.3. The largest absolute Gasteiger partial charge is 0.485 e. The first-order valence-electron chi connectivity index (χ1n) is 10.8. The number of nitrogens with one attached hydrogen (secondary N) is 1. The molecule has 2 aromatic heterocycles. The van der Waals surface area contributed by atoms with E-state index < -0.39 is 6.10 Å². The Morgan fingerprint density at radius 3 is 2.71 bits per heavy atom. The van der Waals surface area contributed by atoms with Crippen LogP contribution in [0.2, 0.25) is 0 Å². The van der Waals surface area contributed by atoms with Crippen LogP contribution in [0.3, 0.4) is 0 Å². The number of benzene rings is 1. The molecule has 178 valence electrons. The molecule has 3 aromatic rings. The summed E-state index contributed by atoms with van der Waals surface area (Å²) in [4.78, 5) is 28.9. The average molecular weight is 502 g/mol. The van der Waals surface area contributed by atoms with Gasteiger partial charge in [-0.1, -0.05) is 35.2 Å². The molecule has 10 nitrogen and oxygen atoms in total. The van der Waals surface area contributed by atoms with Crippen LogP contribution in [0.1, 0.15) is 5.76 Å². The highest BCUT2D eigenvalue weighted by Gasteiger charge is 2.33. The maximum absolute atomic E-state index is 12.9. The first kappa shape index (κ1) is 22.5. The molecule has 1 saturated heterocycles. The number of carbonyl (C=O) groups is 2. The third-order valence-electron chi connectivity index (χ3n) is 5.41. The van der Waals surface area contributed by atoms with Crippen LogP contribution >= 0.6 is 23.1 Å². The average Bonchev–Trinajstić information content (AvgIpc) is 3.58. The third-order valence-corrected chi connectivity index (χ3v) is 7.53. The molecule has 1 aromatic carbocycles. The molecule has 5 rings (SSSR count). The zero-order chi connectivity index (χ0) is 23.3. The van der Waals surface area contributed by atoms with Crippen LogP contribution in [0, 0.1) is 0 Å². The summed E-state index contributed by atoms with van der Waals surface area (Å²) in [5, 5.41) is 12.1. The number of hydrogen-bond acceptors (Lipinski definition) is 10. The number of rotatable bonds is 7. The Morgan fingerprint density at radius 2 is 1.91 bits per heavy atom. The maximum Gasteiger partial charge on any atom is 0.267 e. The van der Waals surface area contributed by atoms with Crippen LogP contribution in [0.5, 0.6) is 11.5 Å². The standard InChI is InChI=1S/C22H23N5O5S2/c28-19(23-12-15-4-3-11-30-15)14-33-22-25-24-21(34-22)27-9-7-26(8-10-27)20(29)18-13-31-16-5-1-2-6-17(16)32-18/h1-6,11,18H,7-10,12-14H2,(H,23,28). The number of aromatic nitrogens is 2. The van der Waals surface area contributed by atoms with E-state index in [1.807, 2.05) is 24.3 Å². The summed E-state index contributed by atoms with van der Waals surface area (Å²) < 4.78 is 17.5. The Kier molecular flexibility index (Phi) is 6.86. The molecule has 4 heterocycles. The van der Waals surface area contributed by atoms with Crippen molar-refractivity contribution in [3.8, 4) is 11.5 Å². The summed E-state index contributed by atoms with van der Waals surface area (Å²) in [6.45, 7) is 3.01. The van der Waals surface area contributed by atoms with Crippen molar-refractivity contribution in [3.05, 3.63) is 48.4 Å². The summed E-state index contributed by atoms with van der Waals surface area (Å²) in [6.07, 6.45) is 0.941. The summed E-state index contributed by atoms with van der Waals surface area (Å²) in [7, 11) is 0. The number of para-hydroxylation sites is 2. The fraction of sp³-hybridized carbons (Fsp3) is 0.364. The lowest BCUT2D eigenvalue weighted by Crippen LogP contribution is -2.54. The van der Waals surface area contributed by atoms with Crippen molar-refractivity contribution in [3.63, 3.8) is 0 Å². The number of amides is 2. The van der Waals surface area contributed by atoms with Gasteiger partial charge in [0.1, 0.15) is 12.4 Å². The highest BCUT2D eigenvalue weighted by molar-refractivity contribution is 8.01. The SMILES string of the molecule is O=C(CSc1nnc(N2CCN(C(=O)C3COc4ccccc4O3)CC2)s1)NCc1ccco1. The van der Waals surface area contributed by atoms with Crippen molar-refractivity contribution in [2.45, 2.75) is 17.0 Å². The van der Waals surface area contributed by atoms with E-state index >= 15 is 0 Å². The lowest BCUT2D eigenvalue weighted by Gasteiger charge is -2.36. The summed E-state index contributed by atoms with van der Waals surface area (Å²) in [5.74, 6) is 2.06. The fourth-order valence-electron chi connectivity index (χ4n) is 3.63. The topological polar surface area (TPSA) is 110 Å². The zero-order valence-corrected chi connectivity index (χ0v) is 19.8. The molecular weight excluding hydrogens is 478 g/mol. The van der Waals surface area contributed by atoms with Crippen molar-refractivity contribution < 1.29 is 23.5 Å². The number of fused-ring (bicyclic) bond motifs is 1. The molecule has 0 bridgehead atoms. The Labute approximate surface area is 204 Å². The lowest BCUT2D eigenvalue weighted by molar-refractivity contribution is -0.141. The number of carbonyl (C=O) groups excluding carboxylic acids is 2. The van der Waals surface area contributed by atoms with Gasteiger partial charge < -0.3 is 29.0 Å². The predicted molar refractivity (Wildman–Crippen MR) is 126 cm³/mol. The number of piperazine rings is 1. The van der Waals surface area contributed by atoms with Crippen LogP contribution in [0.25, 0.3) is 0 Å². The molecule has 0 saturated carbocycles. The number of hydrogen-bond donors (Lipinski definition) is 1. The Hall–Kier alpha value is -3.25. The van der Waals surface area contributed by atoms with Crippen molar-refractivity contribution in [2.75, 3.05) is 43.4 Å². The van der Waals surface area contributed by atoms with E-state index in [2.05, 4.69) is 20.4 Å². The number of thioether (sulfide) groups is 1. The monoisotopic (exact) mass is 501 g/mol. The number of furan rings is 1. The molecule has 0 aliphatic carbocycles. The molecule has 34 heavy (non-hydrogen) atoms. The second-order valence-electron chi connectivity index (χ2n) is 7.67. The summed E-state index contributed by atoms with van der Waals surface area (Å²) >= 11 is 2.80. The minimum absolute atomic E-state index is 0.0665. The van der Waals surface area contributed by atoms with Gasteiger partial charge in [-0.25, -0.2) is 0 Å². The number of anilines is 1. The van der Waals surface area contributed by atoms with E-state index in [1.165, 1.54) is 23.1 Å². The van der Waals surface area contributed by atoms with Crippen LogP contribution in [0.15, 0.2) is 51.4 Å². The van der Waals surface area contributed by atoms with E-state index in [0.717, 1.165) is 9.47 Å². The van der Waals surface area contributed by atoms with Crippen molar-refractivity contribution >= 4 is 40.0 Å². The second-order valence-corrected chi connectivity index (χ2v) is 9.85. The van der Waals surface area contributed by atoms with E-state index in [0.29, 0.717) is 50.0 Å². The van der Waals surface area contributed by atoms with Crippen LogP contribution in [-0.2, 0) is 16.1 Å². The van der Waals surface area contributed by atoms with Crippen LogP contribution in [0.4, 0.5) is 5.13 Å². The highest BCUT2D eigenvalue weighted by atomic mass is 32.2. The molecule has 1 unspecified atom stereocenters. The van der Waals surface area contributed by atoms with Gasteiger partial charge in [-0.15, -0.1) is 10.2 Å². The number of ether oxygens (including phenoxy) is 2. The molecule has 0 radical (unpaired) electrons. The van der Waals surface area contributed by atoms with Gasteiger partial charge in [0.05, 0.1) is 18.6 Å². The fourth-order valence-corrected chi connectivity index (χ4v) is 5.35. The summed E-state index contributed by atoms with van der Waals surface area (Å²) in [6, 6.07) is 11.0. The molecule has 1 N–H and O–H groups in total. The molecule has 2 aliphatic rings. The van der Waals surface area contributed by atoms with Crippen molar-refractivity contribution in [2.24, 2.45) is 0 Å². The van der Waals surface area contributed by atoms with Gasteiger partial charge in [-0.2, -0.15) is 0 Å². The van der Waals surface area contributed by atoms with Gasteiger partial charge in [0.15, 0.2) is 15.8 Å². The van der Waals surface area contributed by atoms with Gasteiger partial charge in [0.25, 0.3) is 5.91 Å². The minimum atomic E-state index is -0.634. The van der Waals surface area contributed by atoms with E-state index in [-0.39, 0.29) is 24.2 Å². The Balaban J connectivity index is 1.07. The molecule has 1 atom stereocenters. The Morgan fingerprint density at radius 1 is 1.09 bits per heavy atom. The Bertz CT molecular complexity index is 1130. The van der Waals surface area contributed by atoms with E-state index in [9.17, 15) is 9.59 Å². The lowest BCUT2D eigenvalue weighted by atomic mass is 10.2. The normalized spacial score (nSPS) is 17.5. The molecular formula is C22H23N5O5S2. The highest BCUT2D eigenvalue weighted by Crippen LogP contribution is 2.32. The van der Waals surface area contributed by atoms with E-state index in [4.69, 9.17) is 13.9 Å². The smallest absolute Gasteiger partial charge is 0.267 e. The number of nitrogens with zero attached hydrogens (tertiary/aromatic N) is 4. The zero-order valence-electron chi connectivity index (χ0n) is 18.2. The quantitative estimate of drug-likeness (QED) is 0.486. The first-order valence-corrected chi connectivity index (χ1v) is 12.6. The molecule has 2 amide bonds. The van der Waals surface area contributed by atoms with Gasteiger partial charge in [0, 0.05) is 26.2 Å². The van der Waals surface area contributed by atoms with Gasteiger partial charge in [0.2, 0.25) is 17.1 Å². The van der Waals surface area contributed by atoms with Crippen LogP contribution in [-0.4, -0.2) is 71.6 Å². The molecule has 2 aliphatic heterocycles. The van der Waals surface area contributed by atoms with E-state index in [1.54, 1.807) is 23.3 Å². The maximum atomic E-state index is 12.9. The molecule has 1 fully saturated rings. The molecule has 0 spiro atoms. The summed E-state index contributed by atoms with van der Waals surface area (Å²) in [5.41, 5.74) is 0. The van der Waals surface area contributed by atoms with Gasteiger partial charge >= 0.3 is 0 Å². The van der Waals surface area contributed by atoms with Crippen molar-refractivity contribution in [1.29, 1.82) is 0 Å². The third kappa shape index (κ3) is 5.28. The molecule has 12 heteroatoms. The minimum Gasteiger partial charge on any atom is -0.485 e. The van der Waals surface area contributed by atoms with Crippen molar-refractivity contribution in [1.82, 2.24) is 20.4 Å². The first-order chi connectivity index (χ1) is 16.7. The van der Waals surface area contributed by atoms with Crippen LogP contribution < -0.4 is 19.7 Å².